The van der Waals surface area contributed by atoms with E-state index < -0.39 is 11.6 Å². The summed E-state index contributed by atoms with van der Waals surface area (Å²) in [5.74, 6) is -0.624. The standard InChI is InChI=1S/C12H14N4O2/c1-3-12(4-2)6-5(11(17)18-12)7(13)9(15)10(16)8(6)14/h3-4H,1-2,13-16H2. The number of anilines is 4. The van der Waals surface area contributed by atoms with E-state index in [4.69, 9.17) is 27.7 Å². The molecule has 0 atom stereocenters. The van der Waals surface area contributed by atoms with Crippen molar-refractivity contribution >= 4 is 28.7 Å². The predicted octanol–water partition coefficient (Wildman–Crippen LogP) is 0.753. The average Bonchev–Trinajstić information content (AvgIpc) is 2.67. The van der Waals surface area contributed by atoms with E-state index in [1.807, 2.05) is 0 Å². The van der Waals surface area contributed by atoms with Gasteiger partial charge in [-0.05, 0) is 12.2 Å². The minimum atomic E-state index is -1.22. The van der Waals surface area contributed by atoms with Gasteiger partial charge >= 0.3 is 5.97 Å². The summed E-state index contributed by atoms with van der Waals surface area (Å²) in [6.07, 6.45) is 2.82. The number of cyclic esters (lactones) is 1. The van der Waals surface area contributed by atoms with Crippen LogP contribution in [0.25, 0.3) is 0 Å². The van der Waals surface area contributed by atoms with Crippen molar-refractivity contribution < 1.29 is 9.53 Å². The monoisotopic (exact) mass is 246 g/mol. The Kier molecular flexibility index (Phi) is 2.26. The zero-order valence-electron chi connectivity index (χ0n) is 9.69. The van der Waals surface area contributed by atoms with E-state index in [9.17, 15) is 4.79 Å². The minimum absolute atomic E-state index is 0.0623. The molecule has 1 aliphatic rings. The molecule has 1 aliphatic heterocycles. The third-order valence-corrected chi connectivity index (χ3v) is 3.12. The van der Waals surface area contributed by atoms with E-state index in [1.165, 1.54) is 12.2 Å². The Hall–Kier alpha value is -2.63. The zero-order chi connectivity index (χ0) is 13.7. The fourth-order valence-electron chi connectivity index (χ4n) is 2.07. The molecule has 6 heteroatoms. The Balaban J connectivity index is 2.96. The third-order valence-electron chi connectivity index (χ3n) is 3.12. The van der Waals surface area contributed by atoms with Gasteiger partial charge in [-0.3, -0.25) is 0 Å². The van der Waals surface area contributed by atoms with Gasteiger partial charge in [0.2, 0.25) is 0 Å². The van der Waals surface area contributed by atoms with Crippen LogP contribution in [-0.4, -0.2) is 5.97 Å². The largest absolute Gasteiger partial charge is 0.442 e. The topological polar surface area (TPSA) is 130 Å². The molecule has 0 radical (unpaired) electrons. The van der Waals surface area contributed by atoms with Crippen LogP contribution >= 0.6 is 0 Å². The normalized spacial score (nSPS) is 15.9. The first kappa shape index (κ1) is 11.8. The van der Waals surface area contributed by atoms with Crippen LogP contribution in [0.4, 0.5) is 22.7 Å². The molecule has 0 amide bonds. The molecule has 18 heavy (non-hydrogen) atoms. The first-order chi connectivity index (χ1) is 8.39. The Morgan fingerprint density at radius 1 is 0.944 bits per heavy atom. The van der Waals surface area contributed by atoms with Gasteiger partial charge in [0.1, 0.15) is 0 Å². The number of hydrogen-bond acceptors (Lipinski definition) is 6. The second kappa shape index (κ2) is 3.43. The minimum Gasteiger partial charge on any atom is -0.442 e. The van der Waals surface area contributed by atoms with Crippen molar-refractivity contribution in [1.29, 1.82) is 0 Å². The SMILES string of the molecule is C=CC1(C=C)OC(=O)c2c(N)c(N)c(N)c(N)c21. The molecule has 6 nitrogen and oxygen atoms in total. The zero-order valence-corrected chi connectivity index (χ0v) is 9.69. The van der Waals surface area contributed by atoms with Crippen LogP contribution < -0.4 is 22.9 Å². The van der Waals surface area contributed by atoms with Crippen LogP contribution in [-0.2, 0) is 10.3 Å². The molecule has 94 valence electrons. The lowest BCUT2D eigenvalue weighted by Crippen LogP contribution is -2.21. The van der Waals surface area contributed by atoms with E-state index >= 15 is 0 Å². The second-order valence-electron chi connectivity index (χ2n) is 4.00. The van der Waals surface area contributed by atoms with Crippen LogP contribution in [0.3, 0.4) is 0 Å². The highest BCUT2D eigenvalue weighted by Gasteiger charge is 2.45. The number of fused-ring (bicyclic) bond motifs is 1. The summed E-state index contributed by atoms with van der Waals surface area (Å²) >= 11 is 0. The van der Waals surface area contributed by atoms with Gasteiger partial charge in [0.25, 0.3) is 0 Å². The molecule has 0 aliphatic carbocycles. The fraction of sp³-hybridized carbons (Fsp3) is 0.0833. The van der Waals surface area contributed by atoms with Crippen molar-refractivity contribution in [2.75, 3.05) is 22.9 Å². The lowest BCUT2D eigenvalue weighted by Gasteiger charge is -2.22. The van der Waals surface area contributed by atoms with E-state index in [0.717, 1.165) is 0 Å². The average molecular weight is 246 g/mol. The molecule has 0 saturated carbocycles. The Morgan fingerprint density at radius 3 is 1.94 bits per heavy atom. The number of nitrogen functional groups attached to an aromatic ring is 4. The fourth-order valence-corrected chi connectivity index (χ4v) is 2.07. The van der Waals surface area contributed by atoms with Crippen LogP contribution in [0.2, 0.25) is 0 Å². The number of benzene rings is 1. The van der Waals surface area contributed by atoms with E-state index in [1.54, 1.807) is 0 Å². The molecular weight excluding hydrogens is 232 g/mol. The van der Waals surface area contributed by atoms with Gasteiger partial charge in [0.15, 0.2) is 5.60 Å². The summed E-state index contributed by atoms with van der Waals surface area (Å²) in [5, 5.41) is 0. The van der Waals surface area contributed by atoms with E-state index in [2.05, 4.69) is 13.2 Å². The van der Waals surface area contributed by atoms with Crippen molar-refractivity contribution in [3.05, 3.63) is 36.4 Å². The summed E-state index contributed by atoms with van der Waals surface area (Å²) in [6, 6.07) is 0. The summed E-state index contributed by atoms with van der Waals surface area (Å²) in [4.78, 5) is 11.9. The number of esters is 1. The number of rotatable bonds is 2. The number of ether oxygens (including phenoxy) is 1. The van der Waals surface area contributed by atoms with Gasteiger partial charge in [0.05, 0.1) is 28.3 Å². The van der Waals surface area contributed by atoms with Crippen LogP contribution in [0.15, 0.2) is 25.3 Å². The van der Waals surface area contributed by atoms with Gasteiger partial charge in [-0.1, -0.05) is 13.2 Å². The molecule has 1 aromatic rings. The summed E-state index contributed by atoms with van der Waals surface area (Å²) in [5.41, 5.74) is 22.8. The molecular formula is C12H14N4O2. The van der Waals surface area contributed by atoms with Crippen molar-refractivity contribution in [3.63, 3.8) is 0 Å². The molecule has 0 fully saturated rings. The van der Waals surface area contributed by atoms with Crippen molar-refractivity contribution in [2.24, 2.45) is 0 Å². The summed E-state index contributed by atoms with van der Waals surface area (Å²) in [6.45, 7) is 7.25. The van der Waals surface area contributed by atoms with Crippen LogP contribution in [0, 0.1) is 0 Å². The van der Waals surface area contributed by atoms with Gasteiger partial charge in [0, 0.05) is 5.56 Å². The maximum absolute atomic E-state index is 11.9. The third kappa shape index (κ3) is 1.14. The van der Waals surface area contributed by atoms with Gasteiger partial charge in [-0.25, -0.2) is 4.79 Å². The lowest BCUT2D eigenvalue weighted by atomic mass is 9.88. The Labute approximate surface area is 104 Å². The van der Waals surface area contributed by atoms with Gasteiger partial charge in [-0.2, -0.15) is 0 Å². The van der Waals surface area contributed by atoms with Crippen LogP contribution in [0.1, 0.15) is 15.9 Å². The molecule has 0 spiro atoms. The highest BCUT2D eigenvalue weighted by atomic mass is 16.6. The predicted molar refractivity (Wildman–Crippen MR) is 71.6 cm³/mol. The molecule has 1 aromatic carbocycles. The molecule has 0 unspecified atom stereocenters. The quantitative estimate of drug-likeness (QED) is 0.346. The first-order valence-corrected chi connectivity index (χ1v) is 5.16. The highest BCUT2D eigenvalue weighted by Crippen LogP contribution is 2.49. The number of hydrogen-bond donors (Lipinski definition) is 4. The molecule has 8 N–H and O–H groups in total. The van der Waals surface area contributed by atoms with Crippen molar-refractivity contribution in [3.8, 4) is 0 Å². The molecule has 1 heterocycles. The molecule has 0 bridgehead atoms. The Bertz CT molecular complexity index is 584. The molecule has 0 saturated heterocycles. The maximum atomic E-state index is 11.9. The molecule has 0 aromatic heterocycles. The maximum Gasteiger partial charge on any atom is 0.342 e. The molecule has 2 rings (SSSR count). The van der Waals surface area contributed by atoms with Gasteiger partial charge in [-0.15, -0.1) is 0 Å². The van der Waals surface area contributed by atoms with Crippen molar-refractivity contribution in [2.45, 2.75) is 5.60 Å². The highest BCUT2D eigenvalue weighted by molar-refractivity contribution is 6.09. The lowest BCUT2D eigenvalue weighted by molar-refractivity contribution is 0.0300. The Morgan fingerprint density at radius 2 is 1.44 bits per heavy atom. The van der Waals surface area contributed by atoms with Crippen LogP contribution in [0.5, 0.6) is 0 Å². The number of nitrogens with two attached hydrogens (primary N) is 4. The van der Waals surface area contributed by atoms with E-state index in [0.29, 0.717) is 5.56 Å². The summed E-state index contributed by atoms with van der Waals surface area (Å²) in [7, 11) is 0. The first-order valence-electron chi connectivity index (χ1n) is 5.16. The summed E-state index contributed by atoms with van der Waals surface area (Å²) < 4.78 is 5.24. The number of carbonyl (C=O) groups is 1. The van der Waals surface area contributed by atoms with E-state index in [-0.39, 0.29) is 28.3 Å². The second-order valence-corrected chi connectivity index (χ2v) is 4.00. The van der Waals surface area contributed by atoms with Crippen molar-refractivity contribution in [1.82, 2.24) is 0 Å². The smallest absolute Gasteiger partial charge is 0.342 e. The van der Waals surface area contributed by atoms with Gasteiger partial charge < -0.3 is 27.7 Å². The number of carbonyl (C=O) groups excluding carboxylic acids is 1.